The Morgan fingerprint density at radius 1 is 0.304 bits per heavy atom. The van der Waals surface area contributed by atoms with Gasteiger partial charge in [0, 0.05) is 22.5 Å². The van der Waals surface area contributed by atoms with E-state index in [1.807, 2.05) is 0 Å². The van der Waals surface area contributed by atoms with E-state index in [0.29, 0.717) is 0 Å². The number of benzene rings is 9. The van der Waals surface area contributed by atoms with E-state index in [1.165, 1.54) is 77.5 Å². The van der Waals surface area contributed by atoms with Crippen LogP contribution in [0.4, 0.5) is 17.1 Å². The van der Waals surface area contributed by atoms with Crippen molar-refractivity contribution in [2.75, 3.05) is 4.90 Å². The zero-order valence-electron chi connectivity index (χ0n) is 31.7. The van der Waals surface area contributed by atoms with Crippen LogP contribution in [0.1, 0.15) is 25.0 Å². The lowest BCUT2D eigenvalue weighted by Crippen LogP contribution is -2.16. The summed E-state index contributed by atoms with van der Waals surface area (Å²) in [6.07, 6.45) is 0. The molecule has 0 fully saturated rings. The van der Waals surface area contributed by atoms with Crippen LogP contribution in [0, 0.1) is 0 Å². The molecule has 9 aromatic rings. The molecule has 10 rings (SSSR count). The van der Waals surface area contributed by atoms with Crippen LogP contribution in [-0.2, 0) is 5.41 Å². The van der Waals surface area contributed by atoms with E-state index in [4.69, 9.17) is 0 Å². The van der Waals surface area contributed by atoms with Gasteiger partial charge in [0.2, 0.25) is 0 Å². The molecular weight excluding hydrogens is 675 g/mol. The maximum Gasteiger partial charge on any atom is 0.0467 e. The van der Waals surface area contributed by atoms with Gasteiger partial charge in [-0.25, -0.2) is 0 Å². The molecular formula is C55H41N. The smallest absolute Gasteiger partial charge is 0.0467 e. The highest BCUT2D eigenvalue weighted by atomic mass is 15.1. The van der Waals surface area contributed by atoms with E-state index >= 15 is 0 Å². The van der Waals surface area contributed by atoms with Crippen molar-refractivity contribution >= 4 is 27.8 Å². The summed E-state index contributed by atoms with van der Waals surface area (Å²) in [5.74, 6) is 0. The van der Waals surface area contributed by atoms with Crippen LogP contribution >= 0.6 is 0 Å². The second kappa shape index (κ2) is 13.7. The predicted molar refractivity (Wildman–Crippen MR) is 238 cm³/mol. The second-order valence-electron chi connectivity index (χ2n) is 15.4. The number of fused-ring (bicyclic) bond motifs is 4. The van der Waals surface area contributed by atoms with Crippen molar-refractivity contribution in [1.29, 1.82) is 0 Å². The summed E-state index contributed by atoms with van der Waals surface area (Å²) in [6, 6.07) is 77.6. The van der Waals surface area contributed by atoms with Gasteiger partial charge in [-0.05, 0) is 120 Å². The van der Waals surface area contributed by atoms with Crippen LogP contribution in [0.2, 0.25) is 0 Å². The van der Waals surface area contributed by atoms with Crippen molar-refractivity contribution in [3.8, 4) is 55.6 Å². The van der Waals surface area contributed by atoms with Crippen molar-refractivity contribution in [2.24, 2.45) is 0 Å². The minimum Gasteiger partial charge on any atom is -0.310 e. The highest BCUT2D eigenvalue weighted by Gasteiger charge is 2.35. The highest BCUT2D eigenvalue weighted by molar-refractivity contribution is 5.97. The highest BCUT2D eigenvalue weighted by Crippen LogP contribution is 2.51. The Morgan fingerprint density at radius 2 is 0.804 bits per heavy atom. The van der Waals surface area contributed by atoms with Crippen LogP contribution < -0.4 is 4.90 Å². The monoisotopic (exact) mass is 715 g/mol. The molecule has 0 bridgehead atoms. The fraction of sp³-hybridized carbons (Fsp3) is 0.0545. The molecule has 0 unspecified atom stereocenters. The van der Waals surface area contributed by atoms with E-state index in [2.05, 4.69) is 231 Å². The van der Waals surface area contributed by atoms with Crippen LogP contribution in [0.25, 0.3) is 66.4 Å². The molecule has 0 saturated heterocycles. The van der Waals surface area contributed by atoms with Crippen LogP contribution in [0.3, 0.4) is 0 Å². The molecule has 0 radical (unpaired) electrons. The van der Waals surface area contributed by atoms with E-state index in [-0.39, 0.29) is 5.41 Å². The van der Waals surface area contributed by atoms with Gasteiger partial charge in [0.25, 0.3) is 0 Å². The summed E-state index contributed by atoms with van der Waals surface area (Å²) in [4.78, 5) is 2.42. The molecule has 0 N–H and O–H groups in total. The first-order chi connectivity index (χ1) is 27.5. The van der Waals surface area contributed by atoms with Crippen LogP contribution in [0.5, 0.6) is 0 Å². The van der Waals surface area contributed by atoms with Gasteiger partial charge in [0.1, 0.15) is 0 Å². The third-order valence-corrected chi connectivity index (χ3v) is 11.7. The fourth-order valence-electron chi connectivity index (χ4n) is 8.74. The molecule has 9 aromatic carbocycles. The fourth-order valence-corrected chi connectivity index (χ4v) is 8.74. The summed E-state index contributed by atoms with van der Waals surface area (Å²) in [5.41, 5.74) is 18.4. The number of anilines is 3. The van der Waals surface area contributed by atoms with Crippen molar-refractivity contribution in [2.45, 2.75) is 19.3 Å². The Bertz CT molecular complexity index is 2860. The Kier molecular flexibility index (Phi) is 8.23. The summed E-state index contributed by atoms with van der Waals surface area (Å²) in [6.45, 7) is 4.71. The standard InChI is InChI=1S/C55H41N/c1-55(2)53-24-9-8-22-51(53)52-34-33-48(37-54(52)55)56(46-31-29-41(30-32-46)40-27-25-39(26-28-40)38-13-4-3-5-14-38)47-20-11-18-44(36-47)43-17-10-19-45(35-43)50-23-12-16-42-15-6-7-21-49(42)50/h3-37H,1-2H3. The molecule has 0 aliphatic heterocycles. The average molecular weight is 716 g/mol. The Labute approximate surface area is 329 Å². The summed E-state index contributed by atoms with van der Waals surface area (Å²) in [7, 11) is 0. The number of rotatable bonds is 7. The number of nitrogens with zero attached hydrogens (tertiary/aromatic N) is 1. The second-order valence-corrected chi connectivity index (χ2v) is 15.4. The third kappa shape index (κ3) is 5.90. The van der Waals surface area contributed by atoms with Gasteiger partial charge >= 0.3 is 0 Å². The van der Waals surface area contributed by atoms with Crippen molar-refractivity contribution in [1.82, 2.24) is 0 Å². The maximum atomic E-state index is 2.42. The van der Waals surface area contributed by atoms with Gasteiger partial charge in [0.15, 0.2) is 0 Å². The predicted octanol–water partition coefficient (Wildman–Crippen LogP) is 15.3. The van der Waals surface area contributed by atoms with Crippen molar-refractivity contribution in [3.63, 3.8) is 0 Å². The molecule has 0 heterocycles. The minimum absolute atomic E-state index is 0.104. The normalized spacial score (nSPS) is 12.6. The first kappa shape index (κ1) is 33.6. The Balaban J connectivity index is 1.06. The molecule has 1 aliphatic rings. The maximum absolute atomic E-state index is 2.42. The van der Waals surface area contributed by atoms with E-state index in [9.17, 15) is 0 Å². The Morgan fingerprint density at radius 3 is 1.59 bits per heavy atom. The van der Waals surface area contributed by atoms with Crippen LogP contribution in [0.15, 0.2) is 212 Å². The molecule has 1 aliphatic carbocycles. The SMILES string of the molecule is CC1(C)c2ccccc2-c2ccc(N(c3ccc(-c4ccc(-c5ccccc5)cc4)cc3)c3cccc(-c4cccc(-c5cccc6ccccc56)c4)c3)cc21. The van der Waals surface area contributed by atoms with E-state index in [1.54, 1.807) is 0 Å². The first-order valence-electron chi connectivity index (χ1n) is 19.5. The molecule has 0 saturated carbocycles. The van der Waals surface area contributed by atoms with E-state index in [0.717, 1.165) is 17.1 Å². The van der Waals surface area contributed by atoms with Gasteiger partial charge in [-0.1, -0.05) is 184 Å². The lowest BCUT2D eigenvalue weighted by molar-refractivity contribution is 0.660. The zero-order chi connectivity index (χ0) is 37.6. The molecule has 266 valence electrons. The number of hydrogen-bond acceptors (Lipinski definition) is 1. The zero-order valence-corrected chi connectivity index (χ0v) is 31.7. The molecule has 1 nitrogen and oxygen atoms in total. The van der Waals surface area contributed by atoms with Crippen molar-refractivity contribution < 1.29 is 0 Å². The molecule has 0 spiro atoms. The summed E-state index contributed by atoms with van der Waals surface area (Å²) < 4.78 is 0. The quantitative estimate of drug-likeness (QED) is 0.159. The lowest BCUT2D eigenvalue weighted by atomic mass is 9.82. The Hall–Kier alpha value is -6.96. The van der Waals surface area contributed by atoms with Gasteiger partial charge in [-0.2, -0.15) is 0 Å². The van der Waals surface area contributed by atoms with Gasteiger partial charge < -0.3 is 4.90 Å². The topological polar surface area (TPSA) is 3.24 Å². The molecule has 0 amide bonds. The summed E-state index contributed by atoms with van der Waals surface area (Å²) >= 11 is 0. The minimum atomic E-state index is -0.104. The first-order valence-corrected chi connectivity index (χ1v) is 19.5. The van der Waals surface area contributed by atoms with E-state index < -0.39 is 0 Å². The largest absolute Gasteiger partial charge is 0.310 e. The number of hydrogen-bond donors (Lipinski definition) is 0. The molecule has 56 heavy (non-hydrogen) atoms. The molecule has 0 aromatic heterocycles. The third-order valence-electron chi connectivity index (χ3n) is 11.7. The molecule has 1 heteroatoms. The lowest BCUT2D eigenvalue weighted by Gasteiger charge is -2.28. The molecule has 0 atom stereocenters. The van der Waals surface area contributed by atoms with Crippen molar-refractivity contribution in [3.05, 3.63) is 223 Å². The van der Waals surface area contributed by atoms with Gasteiger partial charge in [-0.15, -0.1) is 0 Å². The average Bonchev–Trinajstić information content (AvgIpc) is 3.49. The van der Waals surface area contributed by atoms with Gasteiger partial charge in [-0.3, -0.25) is 0 Å². The van der Waals surface area contributed by atoms with Crippen LogP contribution in [-0.4, -0.2) is 0 Å². The van der Waals surface area contributed by atoms with Gasteiger partial charge in [0.05, 0.1) is 0 Å². The summed E-state index contributed by atoms with van der Waals surface area (Å²) in [5, 5.41) is 2.52.